The Kier molecular flexibility index (Phi) is 10.3. The van der Waals surface area contributed by atoms with Crippen LogP contribution in [0.25, 0.3) is 5.57 Å². The monoisotopic (exact) mass is 485 g/mol. The minimum absolute atomic E-state index is 0.00778. The fraction of sp³-hybridized carbons (Fsp3) is 0.346. The fourth-order valence-electron chi connectivity index (χ4n) is 3.18. The van der Waals surface area contributed by atoms with E-state index in [2.05, 4.69) is 15.6 Å². The second-order valence-corrected chi connectivity index (χ2v) is 8.55. The van der Waals surface area contributed by atoms with E-state index in [0.717, 1.165) is 16.7 Å². The summed E-state index contributed by atoms with van der Waals surface area (Å²) in [6.45, 7) is 8.10. The predicted molar refractivity (Wildman–Crippen MR) is 138 cm³/mol. The van der Waals surface area contributed by atoms with Crippen molar-refractivity contribution < 1.29 is 19.4 Å². The van der Waals surface area contributed by atoms with Crippen LogP contribution >= 0.6 is 11.6 Å². The second kappa shape index (κ2) is 12.9. The van der Waals surface area contributed by atoms with E-state index in [1.54, 1.807) is 31.3 Å². The molecule has 0 radical (unpaired) electrons. The molecule has 0 saturated heterocycles. The van der Waals surface area contributed by atoms with Crippen molar-refractivity contribution in [1.82, 2.24) is 5.32 Å². The molecule has 2 aromatic carbocycles. The number of nitrogens with zero attached hydrogens (tertiary/aromatic N) is 1. The molecule has 1 unspecified atom stereocenters. The van der Waals surface area contributed by atoms with Crippen molar-refractivity contribution in [3.63, 3.8) is 0 Å². The summed E-state index contributed by atoms with van der Waals surface area (Å²) < 4.78 is 5.67. The van der Waals surface area contributed by atoms with Crippen molar-refractivity contribution in [2.24, 2.45) is 4.99 Å². The quantitative estimate of drug-likeness (QED) is 0.372. The van der Waals surface area contributed by atoms with Crippen LogP contribution in [0, 0.1) is 0 Å². The topological polar surface area (TPSA) is 100 Å². The van der Waals surface area contributed by atoms with Crippen molar-refractivity contribution in [3.8, 4) is 5.75 Å². The van der Waals surface area contributed by atoms with Crippen LogP contribution < -0.4 is 15.4 Å². The number of carbonyl (C=O) groups is 2. The highest BCUT2D eigenvalue weighted by molar-refractivity contribution is 6.48. The standard InChI is InChI=1S/C26H32ClN3O4/c1-16(2)34-24-11-8-20(15-22(24)27)17(3)14-23(28-5)26(33)30-21-9-6-19(7-10-21)18(4)29-13-12-25(31)32/h6-11,14-16,18,29H,12-13H2,1-5H3,(H,30,33)(H,31,32)/b17-14+,28-23?. The van der Waals surface area contributed by atoms with Crippen molar-refractivity contribution >= 4 is 40.4 Å². The lowest BCUT2D eigenvalue weighted by Crippen LogP contribution is -2.22. The maximum atomic E-state index is 12.8. The number of aliphatic imine (C=N–C) groups is 1. The number of anilines is 1. The first kappa shape index (κ1) is 27.1. The van der Waals surface area contributed by atoms with Gasteiger partial charge in [0.05, 0.1) is 17.5 Å². The van der Waals surface area contributed by atoms with E-state index in [-0.39, 0.29) is 30.2 Å². The molecule has 8 heteroatoms. The van der Waals surface area contributed by atoms with Gasteiger partial charge in [-0.3, -0.25) is 14.6 Å². The number of rotatable bonds is 11. The third-order valence-electron chi connectivity index (χ3n) is 5.03. The molecular weight excluding hydrogens is 454 g/mol. The molecule has 0 aliphatic carbocycles. The summed E-state index contributed by atoms with van der Waals surface area (Å²) >= 11 is 6.34. The zero-order valence-corrected chi connectivity index (χ0v) is 20.9. The van der Waals surface area contributed by atoms with Crippen LogP contribution in [0.2, 0.25) is 5.02 Å². The number of carboxylic acids is 1. The predicted octanol–water partition coefficient (Wildman–Crippen LogP) is 5.37. The Labute approximate surface area is 205 Å². The lowest BCUT2D eigenvalue weighted by Gasteiger charge is -2.14. The van der Waals surface area contributed by atoms with Crippen molar-refractivity contribution in [1.29, 1.82) is 0 Å². The van der Waals surface area contributed by atoms with Gasteiger partial charge in [-0.05, 0) is 74.7 Å². The molecule has 0 aliphatic heterocycles. The van der Waals surface area contributed by atoms with Gasteiger partial charge in [0.15, 0.2) is 0 Å². The fourth-order valence-corrected chi connectivity index (χ4v) is 3.40. The van der Waals surface area contributed by atoms with Gasteiger partial charge in [0.1, 0.15) is 11.5 Å². The molecule has 34 heavy (non-hydrogen) atoms. The van der Waals surface area contributed by atoms with Gasteiger partial charge in [-0.25, -0.2) is 0 Å². The molecule has 0 aliphatic rings. The van der Waals surface area contributed by atoms with E-state index in [4.69, 9.17) is 21.4 Å². The van der Waals surface area contributed by atoms with Crippen molar-refractivity contribution in [2.45, 2.75) is 46.3 Å². The van der Waals surface area contributed by atoms with Crippen LogP contribution in [0.15, 0.2) is 53.5 Å². The average Bonchev–Trinajstić information content (AvgIpc) is 2.78. The van der Waals surface area contributed by atoms with Crippen LogP contribution in [-0.2, 0) is 9.59 Å². The first-order valence-corrected chi connectivity index (χ1v) is 11.5. The number of amides is 1. The summed E-state index contributed by atoms with van der Waals surface area (Å²) in [5, 5.41) is 15.3. The highest BCUT2D eigenvalue weighted by Gasteiger charge is 2.12. The molecular formula is C26H32ClN3O4. The molecule has 0 heterocycles. The van der Waals surface area contributed by atoms with Gasteiger partial charge in [0.25, 0.3) is 5.91 Å². The molecule has 0 bridgehead atoms. The number of carbonyl (C=O) groups excluding carboxylic acids is 1. The number of allylic oxidation sites excluding steroid dienone is 1. The number of nitrogens with one attached hydrogen (secondary N) is 2. The summed E-state index contributed by atoms with van der Waals surface area (Å²) in [5.41, 5.74) is 3.61. The Morgan fingerprint density at radius 1 is 1.15 bits per heavy atom. The van der Waals surface area contributed by atoms with Gasteiger partial charge in [-0.15, -0.1) is 0 Å². The highest BCUT2D eigenvalue weighted by Crippen LogP contribution is 2.29. The molecule has 0 spiro atoms. The summed E-state index contributed by atoms with van der Waals surface area (Å²) in [6, 6.07) is 12.9. The summed E-state index contributed by atoms with van der Waals surface area (Å²) in [7, 11) is 1.57. The SMILES string of the molecule is CN=C(/C=C(\C)c1ccc(OC(C)C)c(Cl)c1)C(=O)Nc1ccc(C(C)NCCC(=O)O)cc1. The zero-order valence-electron chi connectivity index (χ0n) is 20.2. The van der Waals surface area contributed by atoms with E-state index in [9.17, 15) is 9.59 Å². The normalized spacial score (nSPS) is 13.0. The van der Waals surface area contributed by atoms with E-state index in [0.29, 0.717) is 23.0 Å². The molecule has 182 valence electrons. The summed E-state index contributed by atoms with van der Waals surface area (Å²) in [5.74, 6) is -0.547. The van der Waals surface area contributed by atoms with Gasteiger partial charge in [0.2, 0.25) is 0 Å². The van der Waals surface area contributed by atoms with Gasteiger partial charge < -0.3 is 20.5 Å². The molecule has 3 N–H and O–H groups in total. The third-order valence-corrected chi connectivity index (χ3v) is 5.33. The van der Waals surface area contributed by atoms with Gasteiger partial charge >= 0.3 is 5.97 Å². The lowest BCUT2D eigenvalue weighted by molar-refractivity contribution is -0.136. The number of benzene rings is 2. The molecule has 2 rings (SSSR count). The van der Waals surface area contributed by atoms with Crippen LogP contribution in [-0.4, -0.2) is 42.4 Å². The van der Waals surface area contributed by atoms with Gasteiger partial charge in [-0.2, -0.15) is 0 Å². The number of hydrogen-bond acceptors (Lipinski definition) is 5. The van der Waals surface area contributed by atoms with Crippen LogP contribution in [0.4, 0.5) is 5.69 Å². The maximum absolute atomic E-state index is 12.8. The molecule has 0 fully saturated rings. The number of aliphatic carboxylic acids is 1. The number of ether oxygens (including phenoxy) is 1. The minimum Gasteiger partial charge on any atom is -0.489 e. The Balaban J connectivity index is 2.05. The number of carboxylic acid groups (broad SMARTS) is 1. The molecule has 1 atom stereocenters. The number of halogens is 1. The molecule has 0 aromatic heterocycles. The third kappa shape index (κ3) is 8.32. The highest BCUT2D eigenvalue weighted by atomic mass is 35.5. The zero-order chi connectivity index (χ0) is 25.3. The first-order chi connectivity index (χ1) is 16.1. The second-order valence-electron chi connectivity index (χ2n) is 8.14. The Bertz CT molecular complexity index is 1060. The summed E-state index contributed by atoms with van der Waals surface area (Å²) in [4.78, 5) is 27.6. The molecule has 0 saturated carbocycles. The smallest absolute Gasteiger partial charge is 0.304 e. The maximum Gasteiger partial charge on any atom is 0.304 e. The first-order valence-electron chi connectivity index (χ1n) is 11.1. The van der Waals surface area contributed by atoms with E-state index < -0.39 is 5.97 Å². The van der Waals surface area contributed by atoms with Crippen LogP contribution in [0.1, 0.15) is 51.3 Å². The molecule has 2 aromatic rings. The van der Waals surface area contributed by atoms with Gasteiger partial charge in [-0.1, -0.05) is 29.8 Å². The number of hydrogen-bond donors (Lipinski definition) is 3. The Hall–Kier alpha value is -3.16. The van der Waals surface area contributed by atoms with E-state index in [1.165, 1.54) is 0 Å². The van der Waals surface area contributed by atoms with Crippen LogP contribution in [0.3, 0.4) is 0 Å². The summed E-state index contributed by atoms with van der Waals surface area (Å²) in [6.07, 6.45) is 1.80. The Morgan fingerprint density at radius 3 is 2.38 bits per heavy atom. The van der Waals surface area contributed by atoms with E-state index in [1.807, 2.05) is 52.0 Å². The largest absolute Gasteiger partial charge is 0.489 e. The van der Waals surface area contributed by atoms with Crippen molar-refractivity contribution in [3.05, 3.63) is 64.7 Å². The molecule has 7 nitrogen and oxygen atoms in total. The molecule has 1 amide bonds. The lowest BCUT2D eigenvalue weighted by atomic mass is 10.1. The Morgan fingerprint density at radius 2 is 1.82 bits per heavy atom. The average molecular weight is 486 g/mol. The van der Waals surface area contributed by atoms with Crippen LogP contribution in [0.5, 0.6) is 5.75 Å². The van der Waals surface area contributed by atoms with Crippen molar-refractivity contribution in [2.75, 3.05) is 18.9 Å². The van der Waals surface area contributed by atoms with E-state index >= 15 is 0 Å². The van der Waals surface area contributed by atoms with Gasteiger partial charge in [0, 0.05) is 25.3 Å². The minimum atomic E-state index is -0.837.